The van der Waals surface area contributed by atoms with Crippen molar-refractivity contribution in [3.05, 3.63) is 58.1 Å². The summed E-state index contributed by atoms with van der Waals surface area (Å²) >= 11 is 0. The quantitative estimate of drug-likeness (QED) is 0.728. The van der Waals surface area contributed by atoms with Crippen molar-refractivity contribution in [1.82, 2.24) is 4.31 Å². The molecule has 8 heteroatoms. The second kappa shape index (κ2) is 7.65. The first-order valence-corrected chi connectivity index (χ1v) is 10.9. The SMILES string of the molecule is Cc1cc(C)c(C)c(S(=O)(=O)N2CCN(c3cccc(C(F)(F)F)c3)CC2)c1C. The van der Waals surface area contributed by atoms with E-state index in [0.717, 1.165) is 34.4 Å². The molecule has 0 spiro atoms. The Labute approximate surface area is 170 Å². The van der Waals surface area contributed by atoms with E-state index in [2.05, 4.69) is 0 Å². The first-order valence-electron chi connectivity index (χ1n) is 9.42. The fourth-order valence-corrected chi connectivity index (χ4v) is 5.76. The second-order valence-electron chi connectivity index (χ2n) is 7.53. The Bertz CT molecular complexity index is 999. The van der Waals surface area contributed by atoms with Crippen molar-refractivity contribution < 1.29 is 21.6 Å². The first-order chi connectivity index (χ1) is 13.4. The van der Waals surface area contributed by atoms with Crippen molar-refractivity contribution in [2.75, 3.05) is 31.1 Å². The van der Waals surface area contributed by atoms with Crippen LogP contribution < -0.4 is 4.90 Å². The lowest BCUT2D eigenvalue weighted by Crippen LogP contribution is -2.49. The Balaban J connectivity index is 1.83. The van der Waals surface area contributed by atoms with E-state index in [9.17, 15) is 21.6 Å². The topological polar surface area (TPSA) is 40.6 Å². The molecule has 1 fully saturated rings. The molecule has 1 aliphatic heterocycles. The van der Waals surface area contributed by atoms with Crippen LogP contribution in [-0.4, -0.2) is 38.9 Å². The molecule has 0 aromatic heterocycles. The molecule has 0 aliphatic carbocycles. The Morgan fingerprint density at radius 2 is 1.41 bits per heavy atom. The zero-order valence-corrected chi connectivity index (χ0v) is 17.8. The lowest BCUT2D eigenvalue weighted by molar-refractivity contribution is -0.137. The fourth-order valence-electron chi connectivity index (χ4n) is 3.76. The maximum Gasteiger partial charge on any atom is 0.416 e. The highest BCUT2D eigenvalue weighted by Gasteiger charge is 2.33. The van der Waals surface area contributed by atoms with Crippen molar-refractivity contribution in [2.45, 2.75) is 38.8 Å². The third-order valence-electron chi connectivity index (χ3n) is 5.67. The highest BCUT2D eigenvalue weighted by atomic mass is 32.2. The summed E-state index contributed by atoms with van der Waals surface area (Å²) in [6.07, 6.45) is -4.40. The van der Waals surface area contributed by atoms with Crippen molar-refractivity contribution in [1.29, 1.82) is 0 Å². The number of hydrogen-bond acceptors (Lipinski definition) is 3. The van der Waals surface area contributed by atoms with Gasteiger partial charge in [0, 0.05) is 31.9 Å². The molecular weight excluding hydrogens is 401 g/mol. The number of piperazine rings is 1. The van der Waals surface area contributed by atoms with Gasteiger partial charge in [-0.15, -0.1) is 0 Å². The highest BCUT2D eigenvalue weighted by Crippen LogP contribution is 2.33. The maximum absolute atomic E-state index is 13.3. The molecule has 4 nitrogen and oxygen atoms in total. The Morgan fingerprint density at radius 3 is 1.93 bits per heavy atom. The predicted molar refractivity (Wildman–Crippen MR) is 108 cm³/mol. The van der Waals surface area contributed by atoms with Crippen molar-refractivity contribution >= 4 is 15.7 Å². The van der Waals surface area contributed by atoms with Crippen LogP contribution in [0, 0.1) is 27.7 Å². The minimum absolute atomic E-state index is 0.227. The molecule has 3 rings (SSSR count). The second-order valence-corrected chi connectivity index (χ2v) is 9.40. The van der Waals surface area contributed by atoms with Gasteiger partial charge in [0.25, 0.3) is 0 Å². The summed E-state index contributed by atoms with van der Waals surface area (Å²) in [5, 5.41) is 0. The minimum Gasteiger partial charge on any atom is -0.369 e. The maximum atomic E-state index is 13.3. The van der Waals surface area contributed by atoms with Gasteiger partial charge < -0.3 is 4.90 Å². The summed E-state index contributed by atoms with van der Waals surface area (Å²) < 4.78 is 67.0. The van der Waals surface area contributed by atoms with Gasteiger partial charge in [-0.05, 0) is 68.1 Å². The van der Waals surface area contributed by atoms with E-state index >= 15 is 0 Å². The number of halogens is 3. The largest absolute Gasteiger partial charge is 0.416 e. The molecule has 2 aromatic rings. The number of rotatable bonds is 3. The monoisotopic (exact) mass is 426 g/mol. The van der Waals surface area contributed by atoms with E-state index in [-0.39, 0.29) is 13.1 Å². The van der Waals surface area contributed by atoms with Crippen LogP contribution in [0.1, 0.15) is 27.8 Å². The van der Waals surface area contributed by atoms with Crippen LogP contribution >= 0.6 is 0 Å². The summed E-state index contributed by atoms with van der Waals surface area (Å²) in [6, 6.07) is 7.13. The number of nitrogens with zero attached hydrogens (tertiary/aromatic N) is 2. The number of sulfonamides is 1. The molecule has 29 heavy (non-hydrogen) atoms. The minimum atomic E-state index is -4.40. The molecule has 0 N–H and O–H groups in total. The van der Waals surface area contributed by atoms with Gasteiger partial charge in [0.1, 0.15) is 0 Å². The number of anilines is 1. The molecule has 158 valence electrons. The zero-order valence-electron chi connectivity index (χ0n) is 17.0. The lowest BCUT2D eigenvalue weighted by Gasteiger charge is -2.36. The van der Waals surface area contributed by atoms with Crippen LogP contribution in [0.4, 0.5) is 18.9 Å². The van der Waals surface area contributed by atoms with E-state index in [1.54, 1.807) is 11.0 Å². The Kier molecular flexibility index (Phi) is 5.71. The molecule has 0 unspecified atom stereocenters. The Hall–Kier alpha value is -2.06. The first kappa shape index (κ1) is 21.6. The molecule has 1 aliphatic rings. The third-order valence-corrected chi connectivity index (χ3v) is 7.85. The average molecular weight is 427 g/mol. The van der Waals surface area contributed by atoms with Crippen LogP contribution in [0.15, 0.2) is 35.2 Å². The number of benzene rings is 2. The fraction of sp³-hybridized carbons (Fsp3) is 0.429. The summed E-state index contributed by atoms with van der Waals surface area (Å²) in [5.74, 6) is 0. The van der Waals surface area contributed by atoms with Crippen LogP contribution in [0.3, 0.4) is 0 Å². The van der Waals surface area contributed by atoms with E-state index in [0.29, 0.717) is 23.7 Å². The van der Waals surface area contributed by atoms with Gasteiger partial charge in [-0.25, -0.2) is 8.42 Å². The van der Waals surface area contributed by atoms with Gasteiger partial charge in [-0.2, -0.15) is 17.5 Å². The predicted octanol–water partition coefficient (Wildman–Crippen LogP) is 4.45. The van der Waals surface area contributed by atoms with Gasteiger partial charge in [-0.3, -0.25) is 0 Å². The van der Waals surface area contributed by atoms with Crippen LogP contribution in [-0.2, 0) is 16.2 Å². The van der Waals surface area contributed by atoms with Gasteiger partial charge in [0.15, 0.2) is 0 Å². The average Bonchev–Trinajstić information content (AvgIpc) is 2.66. The van der Waals surface area contributed by atoms with E-state index in [1.165, 1.54) is 10.4 Å². The lowest BCUT2D eigenvalue weighted by atomic mass is 10.0. The molecule has 0 radical (unpaired) electrons. The zero-order chi connectivity index (χ0) is 21.6. The van der Waals surface area contributed by atoms with E-state index in [4.69, 9.17) is 0 Å². The highest BCUT2D eigenvalue weighted by molar-refractivity contribution is 7.89. The van der Waals surface area contributed by atoms with E-state index in [1.807, 2.05) is 33.8 Å². The summed E-state index contributed by atoms with van der Waals surface area (Å²) in [6.45, 7) is 8.54. The number of aryl methyl sites for hydroxylation is 2. The molecule has 1 heterocycles. The van der Waals surface area contributed by atoms with Crippen molar-refractivity contribution in [3.8, 4) is 0 Å². The van der Waals surface area contributed by atoms with Crippen molar-refractivity contribution in [3.63, 3.8) is 0 Å². The van der Waals surface area contributed by atoms with Gasteiger partial charge >= 0.3 is 6.18 Å². The molecule has 0 atom stereocenters. The number of alkyl halides is 3. The van der Waals surface area contributed by atoms with Gasteiger partial charge in [0.2, 0.25) is 10.0 Å². The van der Waals surface area contributed by atoms with Crippen LogP contribution in [0.5, 0.6) is 0 Å². The number of hydrogen-bond donors (Lipinski definition) is 0. The molecule has 0 bridgehead atoms. The molecule has 2 aromatic carbocycles. The molecule has 0 saturated carbocycles. The van der Waals surface area contributed by atoms with Crippen LogP contribution in [0.25, 0.3) is 0 Å². The summed E-state index contributed by atoms with van der Waals surface area (Å²) in [4.78, 5) is 2.14. The third kappa shape index (κ3) is 4.14. The smallest absolute Gasteiger partial charge is 0.369 e. The summed E-state index contributed by atoms with van der Waals surface area (Å²) in [7, 11) is -3.68. The van der Waals surface area contributed by atoms with E-state index < -0.39 is 21.8 Å². The Morgan fingerprint density at radius 1 is 0.862 bits per heavy atom. The molecular formula is C21H25F3N2O2S. The van der Waals surface area contributed by atoms with Gasteiger partial charge in [-0.1, -0.05) is 12.1 Å². The summed E-state index contributed by atoms with van der Waals surface area (Å²) in [5.41, 5.74) is 3.09. The standard InChI is InChI=1S/C21H25F3N2O2S/c1-14-12-15(2)17(4)20(16(14)3)29(27,28)26-10-8-25(9-11-26)19-7-5-6-18(13-19)21(22,23)24/h5-7,12-13H,8-11H2,1-4H3. The molecule has 0 amide bonds. The normalized spacial score (nSPS) is 16.3. The van der Waals surface area contributed by atoms with Gasteiger partial charge in [0.05, 0.1) is 10.5 Å². The van der Waals surface area contributed by atoms with Crippen molar-refractivity contribution in [2.24, 2.45) is 0 Å². The molecule has 1 saturated heterocycles. The van der Waals surface area contributed by atoms with Crippen LogP contribution in [0.2, 0.25) is 0 Å².